The van der Waals surface area contributed by atoms with E-state index in [1.807, 2.05) is 18.2 Å². The van der Waals surface area contributed by atoms with Gasteiger partial charge in [-0.25, -0.2) is 4.39 Å². The molecule has 0 bridgehead atoms. The van der Waals surface area contributed by atoms with E-state index in [9.17, 15) is 9.18 Å². The first-order chi connectivity index (χ1) is 13.0. The average molecular weight is 389 g/mol. The Morgan fingerprint density at radius 2 is 1.93 bits per heavy atom. The van der Waals surface area contributed by atoms with E-state index in [0.717, 1.165) is 11.3 Å². The Balaban J connectivity index is 1.83. The second-order valence-electron chi connectivity index (χ2n) is 6.54. The number of carbonyl (C=O) groups is 1. The molecule has 2 aromatic rings. The molecule has 0 atom stereocenters. The number of amides is 1. The minimum atomic E-state index is -0.550. The van der Waals surface area contributed by atoms with E-state index in [2.05, 4.69) is 16.8 Å². The second-order valence-corrected chi connectivity index (χ2v) is 6.98. The van der Waals surface area contributed by atoms with E-state index in [4.69, 9.17) is 16.3 Å². The van der Waals surface area contributed by atoms with Crippen molar-refractivity contribution in [2.24, 2.45) is 0 Å². The lowest BCUT2D eigenvalue weighted by atomic mass is 9.99. The van der Waals surface area contributed by atoms with Crippen molar-refractivity contribution in [3.63, 3.8) is 0 Å². The van der Waals surface area contributed by atoms with E-state index in [0.29, 0.717) is 42.5 Å². The number of anilines is 1. The van der Waals surface area contributed by atoms with Gasteiger partial charge in [0.05, 0.1) is 18.8 Å². The van der Waals surface area contributed by atoms with Gasteiger partial charge in [-0.15, -0.1) is 0 Å². The van der Waals surface area contributed by atoms with Crippen molar-refractivity contribution < 1.29 is 13.9 Å². The van der Waals surface area contributed by atoms with Crippen LogP contribution in [0.3, 0.4) is 0 Å². The van der Waals surface area contributed by atoms with Crippen molar-refractivity contribution in [1.29, 1.82) is 0 Å². The van der Waals surface area contributed by atoms with Gasteiger partial charge in [0.25, 0.3) is 5.91 Å². The lowest BCUT2D eigenvalue weighted by Gasteiger charge is -2.29. The Morgan fingerprint density at radius 3 is 2.56 bits per heavy atom. The largest absolute Gasteiger partial charge is 0.378 e. The molecule has 6 heteroatoms. The summed E-state index contributed by atoms with van der Waals surface area (Å²) in [7, 11) is 0. The number of morpholine rings is 1. The molecule has 27 heavy (non-hydrogen) atoms. The molecule has 1 aliphatic heterocycles. The summed E-state index contributed by atoms with van der Waals surface area (Å²) in [5, 5.41) is 3.40. The minimum absolute atomic E-state index is 0.0217. The van der Waals surface area contributed by atoms with Gasteiger partial charge in [-0.3, -0.25) is 4.79 Å². The maximum absolute atomic E-state index is 14.9. The zero-order valence-electron chi connectivity index (χ0n) is 15.2. The number of nitrogens with one attached hydrogen (secondary N) is 1. The molecule has 142 valence electrons. The standard InChI is InChI=1S/C21H22ClFN2O2/c1-14(2)18-11-17(25-7-9-27-10-8-25)12-19(23)20(18)21(26)24-13-15-3-5-16(22)6-4-15/h3-6,11-12H,1,7-10,13H2,2H3,(H,24,26). The van der Waals surface area contributed by atoms with Crippen LogP contribution in [-0.4, -0.2) is 32.2 Å². The van der Waals surface area contributed by atoms with Gasteiger partial charge in [0.1, 0.15) is 5.82 Å². The molecule has 0 aliphatic carbocycles. The third-order valence-electron chi connectivity index (χ3n) is 4.50. The van der Waals surface area contributed by atoms with Crippen LogP contribution in [0.25, 0.3) is 5.57 Å². The Bertz CT molecular complexity index is 846. The fraction of sp³-hybridized carbons (Fsp3) is 0.286. The molecule has 2 aromatic carbocycles. The smallest absolute Gasteiger partial charge is 0.255 e. The van der Waals surface area contributed by atoms with Gasteiger partial charge in [-0.1, -0.05) is 35.9 Å². The summed E-state index contributed by atoms with van der Waals surface area (Å²) >= 11 is 5.87. The third-order valence-corrected chi connectivity index (χ3v) is 4.76. The van der Waals surface area contributed by atoms with Crippen LogP contribution in [0.4, 0.5) is 10.1 Å². The molecule has 1 heterocycles. The molecule has 1 amide bonds. The zero-order chi connectivity index (χ0) is 19.4. The van der Waals surface area contributed by atoms with Gasteiger partial charge in [-0.2, -0.15) is 0 Å². The first-order valence-corrected chi connectivity index (χ1v) is 9.18. The number of benzene rings is 2. The lowest BCUT2D eigenvalue weighted by molar-refractivity contribution is 0.0946. The zero-order valence-corrected chi connectivity index (χ0v) is 16.0. The Kier molecular flexibility index (Phi) is 6.14. The van der Waals surface area contributed by atoms with E-state index in [1.165, 1.54) is 6.07 Å². The van der Waals surface area contributed by atoms with Crippen molar-refractivity contribution in [3.8, 4) is 0 Å². The number of nitrogens with zero attached hydrogens (tertiary/aromatic N) is 1. The molecular weight excluding hydrogens is 367 g/mol. The predicted octanol–water partition coefficient (Wildman–Crippen LogP) is 4.28. The highest BCUT2D eigenvalue weighted by molar-refractivity contribution is 6.30. The highest BCUT2D eigenvalue weighted by Gasteiger charge is 2.21. The molecular formula is C21H22ClFN2O2. The monoisotopic (exact) mass is 388 g/mol. The normalized spacial score (nSPS) is 14.1. The number of ether oxygens (including phenoxy) is 1. The summed E-state index contributed by atoms with van der Waals surface area (Å²) in [6.07, 6.45) is 0. The average Bonchev–Trinajstić information content (AvgIpc) is 2.67. The van der Waals surface area contributed by atoms with E-state index in [-0.39, 0.29) is 12.1 Å². The van der Waals surface area contributed by atoms with Crippen LogP contribution in [-0.2, 0) is 11.3 Å². The molecule has 1 N–H and O–H groups in total. The SMILES string of the molecule is C=C(C)c1cc(N2CCOCC2)cc(F)c1C(=O)NCc1ccc(Cl)cc1. The third kappa shape index (κ3) is 4.67. The highest BCUT2D eigenvalue weighted by atomic mass is 35.5. The summed E-state index contributed by atoms with van der Waals surface area (Å²) in [5.74, 6) is -1.01. The number of rotatable bonds is 5. The predicted molar refractivity (Wildman–Crippen MR) is 107 cm³/mol. The quantitative estimate of drug-likeness (QED) is 0.831. The molecule has 1 fully saturated rings. The molecule has 3 rings (SSSR count). The van der Waals surface area contributed by atoms with Gasteiger partial charge >= 0.3 is 0 Å². The Morgan fingerprint density at radius 1 is 1.26 bits per heavy atom. The fourth-order valence-electron chi connectivity index (χ4n) is 3.04. The lowest BCUT2D eigenvalue weighted by Crippen LogP contribution is -2.36. The summed E-state index contributed by atoms with van der Waals surface area (Å²) in [4.78, 5) is 14.7. The van der Waals surface area contributed by atoms with Crippen molar-refractivity contribution in [2.45, 2.75) is 13.5 Å². The van der Waals surface area contributed by atoms with Crippen LogP contribution in [0.15, 0.2) is 43.0 Å². The number of halogens is 2. The Hall–Kier alpha value is -2.37. The molecule has 0 saturated carbocycles. The summed E-state index contributed by atoms with van der Waals surface area (Å²) < 4.78 is 20.2. The highest BCUT2D eigenvalue weighted by Crippen LogP contribution is 2.28. The van der Waals surface area contributed by atoms with Crippen LogP contribution in [0.1, 0.15) is 28.4 Å². The van der Waals surface area contributed by atoms with Crippen LogP contribution in [0.5, 0.6) is 0 Å². The fourth-order valence-corrected chi connectivity index (χ4v) is 3.16. The van der Waals surface area contributed by atoms with Gasteiger partial charge in [0, 0.05) is 30.3 Å². The molecule has 0 unspecified atom stereocenters. The first-order valence-electron chi connectivity index (χ1n) is 8.80. The maximum Gasteiger partial charge on any atom is 0.255 e. The number of hydrogen-bond donors (Lipinski definition) is 1. The Labute approximate surface area is 163 Å². The molecule has 0 radical (unpaired) electrons. The van der Waals surface area contributed by atoms with Crippen LogP contribution >= 0.6 is 11.6 Å². The van der Waals surface area contributed by atoms with Crippen molar-refractivity contribution in [2.75, 3.05) is 31.2 Å². The first kappa shape index (κ1) is 19.4. The number of allylic oxidation sites excluding steroid dienone is 1. The molecule has 0 spiro atoms. The molecule has 1 aliphatic rings. The van der Waals surface area contributed by atoms with Gasteiger partial charge in [0.15, 0.2) is 0 Å². The van der Waals surface area contributed by atoms with Crippen molar-refractivity contribution >= 4 is 28.8 Å². The summed E-state index contributed by atoms with van der Waals surface area (Å²) in [6, 6.07) is 10.4. The van der Waals surface area contributed by atoms with Gasteiger partial charge < -0.3 is 15.0 Å². The van der Waals surface area contributed by atoms with Crippen LogP contribution < -0.4 is 10.2 Å². The molecule has 4 nitrogen and oxygen atoms in total. The van der Waals surface area contributed by atoms with Crippen molar-refractivity contribution in [3.05, 3.63) is 70.5 Å². The van der Waals surface area contributed by atoms with E-state index >= 15 is 0 Å². The molecule has 1 saturated heterocycles. The molecule has 0 aromatic heterocycles. The summed E-state index contributed by atoms with van der Waals surface area (Å²) in [5.41, 5.74) is 2.80. The van der Waals surface area contributed by atoms with Crippen molar-refractivity contribution in [1.82, 2.24) is 5.32 Å². The topological polar surface area (TPSA) is 41.6 Å². The second kappa shape index (κ2) is 8.55. The van der Waals surface area contributed by atoms with Gasteiger partial charge in [0.2, 0.25) is 0 Å². The number of carbonyl (C=O) groups excluding carboxylic acids is 1. The number of hydrogen-bond acceptors (Lipinski definition) is 3. The maximum atomic E-state index is 14.9. The van der Waals surface area contributed by atoms with Gasteiger partial charge in [-0.05, 0) is 42.3 Å². The van der Waals surface area contributed by atoms with E-state index < -0.39 is 11.7 Å². The minimum Gasteiger partial charge on any atom is -0.378 e. The summed E-state index contributed by atoms with van der Waals surface area (Å²) in [6.45, 7) is 8.57. The van der Waals surface area contributed by atoms with Crippen LogP contribution in [0, 0.1) is 5.82 Å². The van der Waals surface area contributed by atoms with Crippen LogP contribution in [0.2, 0.25) is 5.02 Å². The van der Waals surface area contributed by atoms with E-state index in [1.54, 1.807) is 19.1 Å².